The number of rotatable bonds is 4. The molecule has 0 saturated carbocycles. The van der Waals surface area contributed by atoms with Gasteiger partial charge in [0.2, 0.25) is 0 Å². The largest absolute Gasteiger partial charge is 0.467 e. The maximum Gasteiger partial charge on any atom is 0.330 e. The lowest BCUT2D eigenvalue weighted by molar-refractivity contribution is -0.148. The molecule has 1 aromatic carbocycles. The molecule has 3 heteroatoms. The summed E-state index contributed by atoms with van der Waals surface area (Å²) in [4.78, 5) is 11.8. The summed E-state index contributed by atoms with van der Waals surface area (Å²) in [6, 6.07) is 9.35. The van der Waals surface area contributed by atoms with Gasteiger partial charge >= 0.3 is 5.97 Å². The first-order valence-electron chi connectivity index (χ1n) is 4.97. The Morgan fingerprint density at radius 2 is 2.12 bits per heavy atom. The highest BCUT2D eigenvalue weighted by atomic mass is 16.5. The van der Waals surface area contributed by atoms with Crippen molar-refractivity contribution in [2.24, 2.45) is 0 Å². The summed E-state index contributed by atoms with van der Waals surface area (Å²) in [5.74, 6) is 2.10. The number of benzene rings is 1. The Bertz CT molecular complexity index is 394. The topological polar surface area (TPSA) is 38.3 Å². The molecule has 0 radical (unpaired) electrons. The average molecular weight is 217 g/mol. The van der Waals surface area contributed by atoms with Crippen LogP contribution >= 0.6 is 0 Å². The molecule has 1 aromatic rings. The fourth-order valence-corrected chi connectivity index (χ4v) is 1.50. The van der Waals surface area contributed by atoms with Gasteiger partial charge in [0.1, 0.15) is 5.54 Å². The van der Waals surface area contributed by atoms with Crippen LogP contribution in [0.5, 0.6) is 0 Å². The molecule has 84 valence electrons. The summed E-state index contributed by atoms with van der Waals surface area (Å²) in [6.45, 7) is 2.06. The van der Waals surface area contributed by atoms with Gasteiger partial charge in [0.05, 0.1) is 13.7 Å². The van der Waals surface area contributed by atoms with E-state index in [1.165, 1.54) is 7.11 Å². The van der Waals surface area contributed by atoms with Crippen LogP contribution < -0.4 is 5.32 Å². The molecule has 0 amide bonds. The number of esters is 1. The van der Waals surface area contributed by atoms with Crippen molar-refractivity contribution in [1.82, 2.24) is 5.32 Å². The molecule has 1 unspecified atom stereocenters. The lowest BCUT2D eigenvalue weighted by Crippen LogP contribution is -2.47. The van der Waals surface area contributed by atoms with Crippen molar-refractivity contribution in [2.75, 3.05) is 13.7 Å². The minimum atomic E-state index is -0.900. The van der Waals surface area contributed by atoms with Gasteiger partial charge in [-0.15, -0.1) is 6.42 Å². The molecule has 0 aliphatic rings. The van der Waals surface area contributed by atoms with E-state index in [0.29, 0.717) is 6.54 Å². The first-order chi connectivity index (χ1) is 7.65. The van der Waals surface area contributed by atoms with E-state index in [1.54, 1.807) is 6.92 Å². The number of methoxy groups -OCH3 is 1. The Hall–Kier alpha value is -1.79. The second-order valence-electron chi connectivity index (χ2n) is 3.54. The van der Waals surface area contributed by atoms with Crippen molar-refractivity contribution in [3.8, 4) is 12.3 Å². The number of carbonyl (C=O) groups excluding carboxylic acids is 1. The van der Waals surface area contributed by atoms with Gasteiger partial charge in [-0.2, -0.15) is 0 Å². The van der Waals surface area contributed by atoms with E-state index in [1.807, 2.05) is 30.3 Å². The summed E-state index contributed by atoms with van der Waals surface area (Å²) in [6.07, 6.45) is 5.19. The number of carbonyl (C=O) groups is 1. The van der Waals surface area contributed by atoms with Crippen LogP contribution in [0.3, 0.4) is 0 Å². The van der Waals surface area contributed by atoms with Gasteiger partial charge in [-0.1, -0.05) is 36.3 Å². The van der Waals surface area contributed by atoms with Crippen LogP contribution in [0.15, 0.2) is 30.3 Å². The smallest absolute Gasteiger partial charge is 0.330 e. The van der Waals surface area contributed by atoms with Crippen LogP contribution in [0.2, 0.25) is 0 Å². The van der Waals surface area contributed by atoms with E-state index >= 15 is 0 Å². The summed E-state index contributed by atoms with van der Waals surface area (Å²) in [7, 11) is 1.36. The van der Waals surface area contributed by atoms with Crippen LogP contribution in [0, 0.1) is 12.3 Å². The summed E-state index contributed by atoms with van der Waals surface area (Å²) >= 11 is 0. The Balaban J connectivity index is 3.05. The van der Waals surface area contributed by atoms with E-state index in [2.05, 4.69) is 11.2 Å². The molecule has 0 bridgehead atoms. The Kier molecular flexibility index (Phi) is 4.10. The van der Waals surface area contributed by atoms with Crippen molar-refractivity contribution in [2.45, 2.75) is 12.5 Å². The third-order valence-corrected chi connectivity index (χ3v) is 2.49. The van der Waals surface area contributed by atoms with Crippen molar-refractivity contribution in [3.05, 3.63) is 35.9 Å². The zero-order valence-electron chi connectivity index (χ0n) is 9.49. The van der Waals surface area contributed by atoms with Crippen LogP contribution in [-0.4, -0.2) is 19.6 Å². The van der Waals surface area contributed by atoms with E-state index in [4.69, 9.17) is 11.2 Å². The lowest BCUT2D eigenvalue weighted by Gasteiger charge is -2.27. The van der Waals surface area contributed by atoms with E-state index in [9.17, 15) is 4.79 Å². The van der Waals surface area contributed by atoms with Crippen LogP contribution in [0.25, 0.3) is 0 Å². The van der Waals surface area contributed by atoms with Crippen molar-refractivity contribution in [3.63, 3.8) is 0 Å². The molecule has 3 nitrogen and oxygen atoms in total. The van der Waals surface area contributed by atoms with Crippen molar-refractivity contribution < 1.29 is 9.53 Å². The van der Waals surface area contributed by atoms with Crippen molar-refractivity contribution >= 4 is 5.97 Å². The number of nitrogens with one attached hydrogen (secondary N) is 1. The SMILES string of the molecule is C#CCNC(C)(C(=O)OC)c1ccccc1. The molecular weight excluding hydrogens is 202 g/mol. The average Bonchev–Trinajstić information content (AvgIpc) is 2.36. The maximum absolute atomic E-state index is 11.8. The highest BCUT2D eigenvalue weighted by molar-refractivity contribution is 5.82. The van der Waals surface area contributed by atoms with Gasteiger partial charge in [-0.05, 0) is 12.5 Å². The Morgan fingerprint density at radius 1 is 1.50 bits per heavy atom. The van der Waals surface area contributed by atoms with E-state index in [0.717, 1.165) is 5.56 Å². The third kappa shape index (κ3) is 2.41. The summed E-state index contributed by atoms with van der Waals surface area (Å²) in [5, 5.41) is 3.00. The first kappa shape index (κ1) is 12.3. The predicted octanol–water partition coefficient (Wildman–Crippen LogP) is 1.30. The van der Waals surface area contributed by atoms with Gasteiger partial charge in [-0.25, -0.2) is 4.79 Å². The highest BCUT2D eigenvalue weighted by Gasteiger charge is 2.35. The van der Waals surface area contributed by atoms with E-state index in [-0.39, 0.29) is 5.97 Å². The van der Waals surface area contributed by atoms with Crippen LogP contribution in [-0.2, 0) is 15.1 Å². The fraction of sp³-hybridized carbons (Fsp3) is 0.308. The number of hydrogen-bond acceptors (Lipinski definition) is 3. The maximum atomic E-state index is 11.8. The molecule has 1 atom stereocenters. The summed E-state index contributed by atoms with van der Waals surface area (Å²) in [5.41, 5.74) is -0.0698. The lowest BCUT2D eigenvalue weighted by atomic mass is 9.92. The second kappa shape index (κ2) is 5.34. The molecule has 0 aliphatic heterocycles. The van der Waals surface area contributed by atoms with Crippen molar-refractivity contribution in [1.29, 1.82) is 0 Å². The van der Waals surface area contributed by atoms with Crippen LogP contribution in [0.1, 0.15) is 12.5 Å². The van der Waals surface area contributed by atoms with Gasteiger partial charge in [0.15, 0.2) is 0 Å². The fourth-order valence-electron chi connectivity index (χ4n) is 1.50. The molecule has 0 fully saturated rings. The molecular formula is C13H15NO2. The molecule has 0 aromatic heterocycles. The van der Waals surface area contributed by atoms with Gasteiger partial charge < -0.3 is 4.74 Å². The second-order valence-corrected chi connectivity index (χ2v) is 3.54. The molecule has 1 rings (SSSR count). The molecule has 0 spiro atoms. The third-order valence-electron chi connectivity index (χ3n) is 2.49. The van der Waals surface area contributed by atoms with Crippen LogP contribution in [0.4, 0.5) is 0 Å². The zero-order valence-corrected chi connectivity index (χ0v) is 9.49. The monoisotopic (exact) mass is 217 g/mol. The number of terminal acetylenes is 1. The molecule has 16 heavy (non-hydrogen) atoms. The minimum Gasteiger partial charge on any atom is -0.467 e. The highest BCUT2D eigenvalue weighted by Crippen LogP contribution is 2.21. The first-order valence-corrected chi connectivity index (χ1v) is 4.97. The summed E-state index contributed by atoms with van der Waals surface area (Å²) < 4.78 is 4.80. The van der Waals surface area contributed by atoms with Gasteiger partial charge in [0, 0.05) is 0 Å². The van der Waals surface area contributed by atoms with E-state index < -0.39 is 5.54 Å². The number of hydrogen-bond donors (Lipinski definition) is 1. The zero-order chi connectivity index (χ0) is 12.0. The predicted molar refractivity (Wildman–Crippen MR) is 62.6 cm³/mol. The normalized spacial score (nSPS) is 13.6. The standard InChI is InChI=1S/C13H15NO2/c1-4-10-14-13(2,12(15)16-3)11-8-6-5-7-9-11/h1,5-9,14H,10H2,2-3H3. The molecule has 1 N–H and O–H groups in total. The quantitative estimate of drug-likeness (QED) is 0.610. The van der Waals surface area contributed by atoms with Gasteiger partial charge in [0.25, 0.3) is 0 Å². The Morgan fingerprint density at radius 3 is 2.62 bits per heavy atom. The molecule has 0 heterocycles. The van der Waals surface area contributed by atoms with Gasteiger partial charge in [-0.3, -0.25) is 5.32 Å². The number of ether oxygens (including phenoxy) is 1. The Labute approximate surface area is 95.8 Å². The molecule has 0 saturated heterocycles. The molecule has 0 aliphatic carbocycles. The minimum absolute atomic E-state index is 0.306.